The Morgan fingerprint density at radius 1 is 1.26 bits per heavy atom. The highest BCUT2D eigenvalue weighted by Crippen LogP contribution is 2.32. The Hall–Kier alpha value is -2.60. The first-order chi connectivity index (χ1) is 9.22. The van der Waals surface area contributed by atoms with Crippen LogP contribution >= 0.6 is 0 Å². The number of hydrogen-bond acceptors (Lipinski definition) is 2. The predicted octanol–water partition coefficient (Wildman–Crippen LogP) is 3.42. The Labute approximate surface area is 111 Å². The van der Waals surface area contributed by atoms with Gasteiger partial charge in [-0.05, 0) is 42.8 Å². The molecule has 0 radical (unpaired) electrons. The second-order valence-electron chi connectivity index (χ2n) is 4.62. The second-order valence-corrected chi connectivity index (χ2v) is 4.62. The van der Waals surface area contributed by atoms with Crippen molar-refractivity contribution in [2.75, 3.05) is 0 Å². The van der Waals surface area contributed by atoms with Crippen molar-refractivity contribution in [1.29, 1.82) is 5.26 Å². The van der Waals surface area contributed by atoms with Crippen molar-refractivity contribution in [1.82, 2.24) is 9.55 Å². The van der Waals surface area contributed by atoms with E-state index in [-0.39, 0.29) is 0 Å². The van der Waals surface area contributed by atoms with Crippen LogP contribution in [0.25, 0.3) is 22.2 Å². The Kier molecular flexibility index (Phi) is 2.57. The van der Waals surface area contributed by atoms with E-state index in [1.807, 2.05) is 37.5 Å². The summed E-state index contributed by atoms with van der Waals surface area (Å²) in [6.07, 6.45) is 3.64. The van der Waals surface area contributed by atoms with Crippen LogP contribution < -0.4 is 0 Å². The van der Waals surface area contributed by atoms with E-state index < -0.39 is 0 Å². The van der Waals surface area contributed by atoms with Gasteiger partial charge in [0.05, 0.1) is 17.3 Å². The number of nitriles is 1. The number of rotatable bonds is 1. The number of nitrogens with zero attached hydrogens (tertiary/aromatic N) is 3. The third-order valence-corrected chi connectivity index (χ3v) is 3.52. The maximum atomic E-state index is 9.01. The number of aryl methyl sites for hydroxylation is 2. The topological polar surface area (TPSA) is 41.6 Å². The predicted molar refractivity (Wildman–Crippen MR) is 75.6 cm³/mol. The van der Waals surface area contributed by atoms with Gasteiger partial charge in [-0.25, -0.2) is 0 Å². The van der Waals surface area contributed by atoms with Crippen LogP contribution in [0, 0.1) is 18.3 Å². The van der Waals surface area contributed by atoms with Gasteiger partial charge >= 0.3 is 0 Å². The number of aromatic nitrogens is 2. The molecular formula is C16H13N3. The number of fused-ring (bicyclic) bond motifs is 1. The molecule has 0 aliphatic carbocycles. The van der Waals surface area contributed by atoms with Crippen molar-refractivity contribution in [3.8, 4) is 17.3 Å². The van der Waals surface area contributed by atoms with Gasteiger partial charge < -0.3 is 4.57 Å². The summed E-state index contributed by atoms with van der Waals surface area (Å²) in [4.78, 5) is 4.18. The smallest absolute Gasteiger partial charge is 0.0991 e. The summed E-state index contributed by atoms with van der Waals surface area (Å²) in [6.45, 7) is 2.09. The third-order valence-electron chi connectivity index (χ3n) is 3.52. The molecule has 3 nitrogen and oxygen atoms in total. The summed E-state index contributed by atoms with van der Waals surface area (Å²) < 4.78 is 2.16. The van der Waals surface area contributed by atoms with Crippen LogP contribution in [0.15, 0.2) is 42.7 Å². The standard InChI is InChI=1S/C16H13N3/c1-11-14-8-12(9-17)5-6-15(14)19(2)16(11)13-4-3-7-18-10-13/h3-8,10H,1-2H3. The normalized spacial score (nSPS) is 10.6. The highest BCUT2D eigenvalue weighted by molar-refractivity contribution is 5.92. The Balaban J connectivity index is 2.36. The zero-order chi connectivity index (χ0) is 13.4. The zero-order valence-corrected chi connectivity index (χ0v) is 10.9. The minimum Gasteiger partial charge on any atom is -0.343 e. The molecule has 3 rings (SSSR count). The van der Waals surface area contributed by atoms with Crippen LogP contribution in [0.3, 0.4) is 0 Å². The van der Waals surface area contributed by atoms with Gasteiger partial charge in [-0.3, -0.25) is 4.98 Å². The molecule has 0 aliphatic rings. The fourth-order valence-electron chi connectivity index (χ4n) is 2.61. The minimum atomic E-state index is 0.693. The molecule has 0 spiro atoms. The lowest BCUT2D eigenvalue weighted by atomic mass is 10.1. The van der Waals surface area contributed by atoms with E-state index in [0.29, 0.717) is 5.56 Å². The molecule has 0 unspecified atom stereocenters. The molecule has 1 aromatic carbocycles. The molecule has 0 saturated heterocycles. The van der Waals surface area contributed by atoms with Crippen LogP contribution in [0.5, 0.6) is 0 Å². The summed E-state index contributed by atoms with van der Waals surface area (Å²) in [5, 5.41) is 10.1. The molecule has 0 atom stereocenters. The molecule has 2 aromatic heterocycles. The maximum absolute atomic E-state index is 9.01. The molecule has 0 fully saturated rings. The van der Waals surface area contributed by atoms with Gasteiger partial charge in [0.25, 0.3) is 0 Å². The van der Waals surface area contributed by atoms with Crippen LogP contribution in [0.2, 0.25) is 0 Å². The molecule has 0 amide bonds. The van der Waals surface area contributed by atoms with Crippen LogP contribution in [0.4, 0.5) is 0 Å². The van der Waals surface area contributed by atoms with Gasteiger partial charge in [-0.2, -0.15) is 5.26 Å². The SMILES string of the molecule is Cc1c(-c2cccnc2)n(C)c2ccc(C#N)cc12. The zero-order valence-electron chi connectivity index (χ0n) is 10.9. The minimum absolute atomic E-state index is 0.693. The largest absolute Gasteiger partial charge is 0.343 e. The first kappa shape index (κ1) is 11.5. The van der Waals surface area contributed by atoms with E-state index in [2.05, 4.69) is 28.6 Å². The van der Waals surface area contributed by atoms with Crippen molar-refractivity contribution < 1.29 is 0 Å². The van der Waals surface area contributed by atoms with Gasteiger partial charge in [0, 0.05) is 35.9 Å². The molecule has 92 valence electrons. The average molecular weight is 247 g/mol. The van der Waals surface area contributed by atoms with E-state index >= 15 is 0 Å². The van der Waals surface area contributed by atoms with E-state index in [0.717, 1.165) is 22.2 Å². The Bertz CT molecular complexity index is 792. The third kappa shape index (κ3) is 1.69. The molecule has 0 N–H and O–H groups in total. The first-order valence-electron chi connectivity index (χ1n) is 6.12. The quantitative estimate of drug-likeness (QED) is 0.661. The fraction of sp³-hybridized carbons (Fsp3) is 0.125. The van der Waals surface area contributed by atoms with Crippen molar-refractivity contribution in [2.45, 2.75) is 6.92 Å². The van der Waals surface area contributed by atoms with Crippen molar-refractivity contribution in [2.24, 2.45) is 7.05 Å². The maximum Gasteiger partial charge on any atom is 0.0991 e. The molecule has 3 aromatic rings. The van der Waals surface area contributed by atoms with Gasteiger partial charge in [0.1, 0.15) is 0 Å². The first-order valence-corrected chi connectivity index (χ1v) is 6.12. The molecule has 0 aliphatic heterocycles. The van der Waals surface area contributed by atoms with Crippen LogP contribution in [0.1, 0.15) is 11.1 Å². The van der Waals surface area contributed by atoms with Crippen molar-refractivity contribution >= 4 is 10.9 Å². The van der Waals surface area contributed by atoms with Crippen LogP contribution in [-0.4, -0.2) is 9.55 Å². The molecular weight excluding hydrogens is 234 g/mol. The lowest BCUT2D eigenvalue weighted by molar-refractivity contribution is 0.972. The van der Waals surface area contributed by atoms with Crippen molar-refractivity contribution in [3.05, 3.63) is 53.9 Å². The molecule has 3 heteroatoms. The summed E-state index contributed by atoms with van der Waals surface area (Å²) in [5.74, 6) is 0. The fourth-order valence-corrected chi connectivity index (χ4v) is 2.61. The average Bonchev–Trinajstić information content (AvgIpc) is 2.71. The Morgan fingerprint density at radius 3 is 2.79 bits per heavy atom. The number of hydrogen-bond donors (Lipinski definition) is 0. The van der Waals surface area contributed by atoms with Crippen LogP contribution in [-0.2, 0) is 7.05 Å². The Morgan fingerprint density at radius 2 is 2.11 bits per heavy atom. The highest BCUT2D eigenvalue weighted by atomic mass is 15.0. The number of pyridine rings is 1. The summed E-state index contributed by atoms with van der Waals surface area (Å²) in [7, 11) is 2.05. The van der Waals surface area contributed by atoms with E-state index in [1.54, 1.807) is 6.20 Å². The monoisotopic (exact) mass is 247 g/mol. The lowest BCUT2D eigenvalue weighted by Gasteiger charge is -2.05. The number of benzene rings is 1. The van der Waals surface area contributed by atoms with Gasteiger partial charge in [-0.1, -0.05) is 0 Å². The summed E-state index contributed by atoms with van der Waals surface area (Å²) in [5.41, 5.74) is 5.26. The summed E-state index contributed by atoms with van der Waals surface area (Å²) in [6, 6.07) is 12.0. The van der Waals surface area contributed by atoms with Gasteiger partial charge in [0.15, 0.2) is 0 Å². The van der Waals surface area contributed by atoms with E-state index in [1.165, 1.54) is 5.56 Å². The van der Waals surface area contributed by atoms with E-state index in [9.17, 15) is 0 Å². The second kappa shape index (κ2) is 4.25. The molecule has 0 bridgehead atoms. The highest BCUT2D eigenvalue weighted by Gasteiger charge is 2.13. The van der Waals surface area contributed by atoms with Gasteiger partial charge in [0.2, 0.25) is 0 Å². The van der Waals surface area contributed by atoms with Crippen molar-refractivity contribution in [3.63, 3.8) is 0 Å². The van der Waals surface area contributed by atoms with E-state index in [4.69, 9.17) is 5.26 Å². The lowest BCUT2D eigenvalue weighted by Crippen LogP contribution is -1.92. The molecule has 2 heterocycles. The summed E-state index contributed by atoms with van der Waals surface area (Å²) >= 11 is 0. The van der Waals surface area contributed by atoms with Gasteiger partial charge in [-0.15, -0.1) is 0 Å². The molecule has 0 saturated carbocycles. The molecule has 19 heavy (non-hydrogen) atoms.